The smallest absolute Gasteiger partial charge is 0.258 e. The second kappa shape index (κ2) is 14.2. The summed E-state index contributed by atoms with van der Waals surface area (Å²) in [6.07, 6.45) is 12.2. The lowest BCUT2D eigenvalue weighted by atomic mass is 10.0. The van der Waals surface area contributed by atoms with Gasteiger partial charge in [-0.25, -0.2) is 0 Å². The van der Waals surface area contributed by atoms with Gasteiger partial charge in [0.15, 0.2) is 0 Å². The van der Waals surface area contributed by atoms with Crippen molar-refractivity contribution in [1.29, 1.82) is 0 Å². The van der Waals surface area contributed by atoms with Gasteiger partial charge in [-0.2, -0.15) is 0 Å². The van der Waals surface area contributed by atoms with Crippen molar-refractivity contribution >= 4 is 16.9 Å². The zero-order valence-electron chi connectivity index (χ0n) is 24.4. The van der Waals surface area contributed by atoms with Crippen molar-refractivity contribution in [3.8, 4) is 0 Å². The highest BCUT2D eigenvalue weighted by atomic mass is 16.5. The zero-order chi connectivity index (χ0) is 27.7. The summed E-state index contributed by atoms with van der Waals surface area (Å²) in [5, 5.41) is 0.945. The number of fused-ring (bicyclic) bond motifs is 1. The van der Waals surface area contributed by atoms with E-state index in [1.54, 1.807) is 0 Å². The highest BCUT2D eigenvalue weighted by Gasteiger charge is 2.29. The summed E-state index contributed by atoms with van der Waals surface area (Å²) in [7, 11) is 2.27. The number of aromatic nitrogens is 1. The van der Waals surface area contributed by atoms with Gasteiger partial charge in [-0.3, -0.25) is 14.7 Å². The van der Waals surface area contributed by atoms with E-state index in [1.165, 1.54) is 18.4 Å². The summed E-state index contributed by atoms with van der Waals surface area (Å²) in [5.74, 6) is 0.956. The number of piperidine rings is 2. The van der Waals surface area contributed by atoms with Crippen LogP contribution in [-0.4, -0.2) is 84.1 Å². The number of pyridine rings is 1. The molecular weight excluding hydrogens is 500 g/mol. The van der Waals surface area contributed by atoms with Crippen LogP contribution in [0.3, 0.4) is 0 Å². The number of carbonyl (C=O) groups is 1. The van der Waals surface area contributed by atoms with Crippen molar-refractivity contribution in [1.82, 2.24) is 19.7 Å². The number of unbranched alkanes of at least 4 members (excludes halogenated alkanes) is 1. The van der Waals surface area contributed by atoms with Crippen LogP contribution in [0.5, 0.6) is 0 Å². The molecule has 0 aliphatic carbocycles. The lowest BCUT2D eigenvalue weighted by Gasteiger charge is -2.37. The quantitative estimate of drug-likeness (QED) is 0.269. The van der Waals surface area contributed by atoms with Crippen LogP contribution in [0.25, 0.3) is 11.0 Å². The first-order valence-electron chi connectivity index (χ1n) is 15.3. The topological polar surface area (TPSA) is 62.1 Å². The number of carbonyl (C=O) groups excluding carboxylic acids is 1. The molecule has 0 spiro atoms. The van der Waals surface area contributed by atoms with Crippen molar-refractivity contribution in [3.63, 3.8) is 0 Å². The van der Waals surface area contributed by atoms with Gasteiger partial charge >= 0.3 is 0 Å². The molecule has 1 aromatic carbocycles. The second-order valence-electron chi connectivity index (χ2n) is 11.6. The van der Waals surface area contributed by atoms with E-state index in [9.17, 15) is 4.79 Å². The predicted molar refractivity (Wildman–Crippen MR) is 159 cm³/mol. The number of amides is 1. The first kappa shape index (κ1) is 28.8. The molecule has 0 N–H and O–H groups in total. The Labute approximate surface area is 239 Å². The molecule has 2 aliphatic heterocycles. The summed E-state index contributed by atoms with van der Waals surface area (Å²) >= 11 is 0. The molecule has 2 aromatic heterocycles. The molecule has 3 aromatic rings. The van der Waals surface area contributed by atoms with E-state index in [2.05, 4.69) is 40.9 Å². The first-order chi connectivity index (χ1) is 19.6. The molecule has 0 atom stereocenters. The van der Waals surface area contributed by atoms with Crippen LogP contribution in [0, 0.1) is 0 Å². The molecule has 5 rings (SSSR count). The number of furan rings is 1. The summed E-state index contributed by atoms with van der Waals surface area (Å²) < 4.78 is 12.4. The number of likely N-dealkylation sites (tertiary alicyclic amines) is 2. The molecule has 1 amide bonds. The molecule has 2 saturated heterocycles. The number of aryl methyl sites for hydroxylation is 1. The summed E-state index contributed by atoms with van der Waals surface area (Å²) in [6.45, 7) is 8.84. The number of benzene rings is 1. The maximum Gasteiger partial charge on any atom is 0.258 e. The Kier molecular flexibility index (Phi) is 10.2. The molecule has 40 heavy (non-hydrogen) atoms. The van der Waals surface area contributed by atoms with E-state index >= 15 is 0 Å². The fourth-order valence-electron chi connectivity index (χ4n) is 6.24. The normalized spacial score (nSPS) is 17.7. The third-order valence-corrected chi connectivity index (χ3v) is 8.71. The highest BCUT2D eigenvalue weighted by Crippen LogP contribution is 2.29. The number of para-hydroxylation sites is 1. The minimum Gasteiger partial charge on any atom is -0.460 e. The zero-order valence-corrected chi connectivity index (χ0v) is 24.4. The summed E-state index contributed by atoms with van der Waals surface area (Å²) in [4.78, 5) is 24.8. The lowest BCUT2D eigenvalue weighted by molar-refractivity contribution is 0.00411. The minimum atomic E-state index is 0.114. The standard InChI is InChI=1S/C33H46N4O3/c1-3-4-9-31-32(29-8-5-6-10-30(29)40-31)33(38)37-22-15-28(16-23-37)39-24-7-19-35(2)27-13-20-36(21-14-27)25-26-11-17-34-18-12-26/h5-6,8,10-12,17-18,27-28H,3-4,7,9,13-16,19-25H2,1-2H3. The maximum absolute atomic E-state index is 13.6. The Bertz CT molecular complexity index is 1200. The number of hydrogen-bond acceptors (Lipinski definition) is 6. The molecule has 216 valence electrons. The van der Waals surface area contributed by atoms with E-state index in [-0.39, 0.29) is 12.0 Å². The maximum atomic E-state index is 13.6. The van der Waals surface area contributed by atoms with Crippen LogP contribution >= 0.6 is 0 Å². The molecule has 0 saturated carbocycles. The highest BCUT2D eigenvalue weighted by molar-refractivity contribution is 6.07. The molecule has 0 bridgehead atoms. The van der Waals surface area contributed by atoms with Gasteiger partial charge in [0, 0.05) is 63.0 Å². The number of ether oxygens (including phenoxy) is 1. The molecule has 4 heterocycles. The van der Waals surface area contributed by atoms with Crippen LogP contribution in [0.2, 0.25) is 0 Å². The van der Waals surface area contributed by atoms with E-state index in [4.69, 9.17) is 9.15 Å². The van der Waals surface area contributed by atoms with Crippen LogP contribution in [-0.2, 0) is 17.7 Å². The third kappa shape index (κ3) is 7.31. The number of hydrogen-bond donors (Lipinski definition) is 0. The van der Waals surface area contributed by atoms with Crippen molar-refractivity contribution in [2.45, 2.75) is 77.0 Å². The summed E-state index contributed by atoms with van der Waals surface area (Å²) in [6, 6.07) is 12.8. The Morgan fingerprint density at radius 2 is 1.77 bits per heavy atom. The lowest BCUT2D eigenvalue weighted by Crippen LogP contribution is -2.43. The average Bonchev–Trinajstić information content (AvgIpc) is 3.37. The van der Waals surface area contributed by atoms with E-state index in [0.29, 0.717) is 6.04 Å². The average molecular weight is 547 g/mol. The van der Waals surface area contributed by atoms with Crippen molar-refractivity contribution in [3.05, 3.63) is 65.7 Å². The van der Waals surface area contributed by atoms with Crippen LogP contribution < -0.4 is 0 Å². The fourth-order valence-corrected chi connectivity index (χ4v) is 6.24. The van der Waals surface area contributed by atoms with Gasteiger partial charge < -0.3 is 19.0 Å². The van der Waals surface area contributed by atoms with Crippen molar-refractivity contribution in [2.24, 2.45) is 0 Å². The molecule has 2 aliphatic rings. The van der Waals surface area contributed by atoms with E-state index in [0.717, 1.165) is 107 Å². The van der Waals surface area contributed by atoms with Gasteiger partial charge in [0.05, 0.1) is 11.7 Å². The van der Waals surface area contributed by atoms with E-state index in [1.807, 2.05) is 41.6 Å². The van der Waals surface area contributed by atoms with Crippen molar-refractivity contribution in [2.75, 3.05) is 46.4 Å². The fraction of sp³-hybridized carbons (Fsp3) is 0.576. The van der Waals surface area contributed by atoms with E-state index < -0.39 is 0 Å². The van der Waals surface area contributed by atoms with Gasteiger partial charge in [-0.05, 0) is 82.4 Å². The molecular formula is C33H46N4O3. The Morgan fingerprint density at radius 1 is 1.02 bits per heavy atom. The van der Waals surface area contributed by atoms with Crippen LogP contribution in [0.15, 0.2) is 53.2 Å². The SMILES string of the molecule is CCCCc1oc2ccccc2c1C(=O)N1CCC(OCCCN(C)C2CCN(Cc3ccncc3)CC2)CC1. The van der Waals surface area contributed by atoms with Gasteiger partial charge in [0.1, 0.15) is 11.3 Å². The third-order valence-electron chi connectivity index (χ3n) is 8.71. The predicted octanol–water partition coefficient (Wildman–Crippen LogP) is 5.78. The Morgan fingerprint density at radius 3 is 2.52 bits per heavy atom. The minimum absolute atomic E-state index is 0.114. The number of rotatable bonds is 12. The molecule has 0 radical (unpaired) electrons. The molecule has 7 heteroatoms. The molecule has 0 unspecified atom stereocenters. The van der Waals surface area contributed by atoms with Gasteiger partial charge in [-0.15, -0.1) is 0 Å². The van der Waals surface area contributed by atoms with Crippen LogP contribution in [0.4, 0.5) is 0 Å². The number of nitrogens with zero attached hydrogens (tertiary/aromatic N) is 4. The van der Waals surface area contributed by atoms with Gasteiger partial charge in [-0.1, -0.05) is 31.5 Å². The van der Waals surface area contributed by atoms with Gasteiger partial charge in [0.25, 0.3) is 5.91 Å². The Hall–Kier alpha value is -2.74. The van der Waals surface area contributed by atoms with Crippen LogP contribution in [0.1, 0.15) is 73.6 Å². The van der Waals surface area contributed by atoms with Gasteiger partial charge in [0.2, 0.25) is 0 Å². The monoisotopic (exact) mass is 546 g/mol. The molecule has 7 nitrogen and oxygen atoms in total. The summed E-state index contributed by atoms with van der Waals surface area (Å²) in [5.41, 5.74) is 2.94. The Balaban J connectivity index is 1.01. The second-order valence-corrected chi connectivity index (χ2v) is 11.6. The van der Waals surface area contributed by atoms with Crippen molar-refractivity contribution < 1.29 is 13.9 Å². The largest absolute Gasteiger partial charge is 0.460 e. The first-order valence-corrected chi connectivity index (χ1v) is 15.3. The molecule has 2 fully saturated rings.